The van der Waals surface area contributed by atoms with Crippen LogP contribution in [0.5, 0.6) is 11.5 Å². The van der Waals surface area contributed by atoms with Crippen LogP contribution in [0.2, 0.25) is 0 Å². The predicted molar refractivity (Wildman–Crippen MR) is 288 cm³/mol. The minimum absolute atomic E-state index is 0.144. The van der Waals surface area contributed by atoms with Crippen molar-refractivity contribution in [2.75, 3.05) is 0 Å². The number of fused-ring (bicyclic) bond motifs is 7. The van der Waals surface area contributed by atoms with E-state index in [-0.39, 0.29) is 23.0 Å². The van der Waals surface area contributed by atoms with E-state index in [0.717, 1.165) is 70.2 Å². The first-order chi connectivity index (χ1) is 32.4. The first-order valence-corrected chi connectivity index (χ1v) is 25.6. The first-order valence-electron chi connectivity index (χ1n) is 25.6. The Morgan fingerprint density at radius 1 is 0.388 bits per heavy atom. The van der Waals surface area contributed by atoms with Crippen molar-refractivity contribution >= 4 is 65.0 Å². The second-order valence-corrected chi connectivity index (χ2v) is 21.4. The van der Waals surface area contributed by atoms with Crippen molar-refractivity contribution < 1.29 is 13.9 Å². The van der Waals surface area contributed by atoms with Gasteiger partial charge in [-0.3, -0.25) is 0 Å². The smallest absolute Gasteiger partial charge is 0.135 e. The predicted octanol–water partition coefficient (Wildman–Crippen LogP) is 19.8. The van der Waals surface area contributed by atoms with Crippen LogP contribution in [0.3, 0.4) is 0 Å². The Bertz CT molecular complexity index is 2830. The zero-order chi connectivity index (χ0) is 46.7. The highest BCUT2D eigenvalue weighted by molar-refractivity contribution is 6.07. The Morgan fingerprint density at radius 2 is 0.716 bits per heavy atom. The van der Waals surface area contributed by atoms with E-state index in [2.05, 4.69) is 189 Å². The number of rotatable bonds is 18. The third kappa shape index (κ3) is 9.81. The van der Waals surface area contributed by atoms with Gasteiger partial charge in [0, 0.05) is 33.0 Å². The Morgan fingerprint density at radius 3 is 1.04 bits per heavy atom. The third-order valence-electron chi connectivity index (χ3n) is 14.2. The Hall–Kier alpha value is -5.80. The van der Waals surface area contributed by atoms with Gasteiger partial charge >= 0.3 is 0 Å². The molecule has 346 valence electrons. The van der Waals surface area contributed by atoms with Crippen molar-refractivity contribution in [2.45, 2.75) is 155 Å². The van der Waals surface area contributed by atoms with E-state index in [0.29, 0.717) is 0 Å². The van der Waals surface area contributed by atoms with Crippen molar-refractivity contribution in [3.05, 3.63) is 156 Å². The minimum atomic E-state index is -0.203. The zero-order valence-corrected chi connectivity index (χ0v) is 41.6. The first kappa shape index (κ1) is 46.3. The van der Waals surface area contributed by atoms with Gasteiger partial charge in [-0.25, -0.2) is 0 Å². The van der Waals surface area contributed by atoms with Crippen LogP contribution >= 0.6 is 0 Å². The molecule has 0 saturated carbocycles. The van der Waals surface area contributed by atoms with Crippen LogP contribution < -0.4 is 9.47 Å². The van der Waals surface area contributed by atoms with E-state index in [1.807, 2.05) is 0 Å². The maximum atomic E-state index is 7.62. The second-order valence-electron chi connectivity index (χ2n) is 21.4. The van der Waals surface area contributed by atoms with Gasteiger partial charge in [-0.15, -0.1) is 0 Å². The van der Waals surface area contributed by atoms with Gasteiger partial charge < -0.3 is 13.9 Å². The number of ether oxygens (including phenoxy) is 2. The quantitative estimate of drug-likeness (QED) is 0.0635. The summed E-state index contributed by atoms with van der Waals surface area (Å²) >= 11 is 0. The van der Waals surface area contributed by atoms with Gasteiger partial charge in [0.2, 0.25) is 0 Å². The largest absolute Gasteiger partial charge is 0.485 e. The average Bonchev–Trinajstić information content (AvgIpc) is 3.67. The number of unbranched alkanes of at least 4 members (excludes halogenated alkanes) is 8. The molecule has 0 fully saturated rings. The molecule has 8 aromatic carbocycles. The maximum Gasteiger partial charge on any atom is 0.135 e. The van der Waals surface area contributed by atoms with Gasteiger partial charge in [-0.05, 0) is 116 Å². The lowest BCUT2D eigenvalue weighted by Crippen LogP contribution is -2.16. The van der Waals surface area contributed by atoms with Gasteiger partial charge in [0.15, 0.2) is 0 Å². The summed E-state index contributed by atoms with van der Waals surface area (Å²) in [6, 6.07) is 49.3. The molecule has 67 heavy (non-hydrogen) atoms. The van der Waals surface area contributed by atoms with Crippen molar-refractivity contribution in [3.8, 4) is 11.5 Å². The summed E-state index contributed by atoms with van der Waals surface area (Å²) in [6.07, 6.45) is 13.7. The summed E-state index contributed by atoms with van der Waals surface area (Å²) in [5.41, 5.74) is 6.22. The van der Waals surface area contributed by atoms with Crippen molar-refractivity contribution in [1.82, 2.24) is 0 Å². The highest BCUT2D eigenvalue weighted by Gasteiger charge is 2.30. The summed E-state index contributed by atoms with van der Waals surface area (Å²) in [6.45, 7) is 18.3. The number of hydrogen-bond donors (Lipinski definition) is 0. The lowest BCUT2D eigenvalue weighted by molar-refractivity contribution is 0.189. The van der Waals surface area contributed by atoms with E-state index in [1.165, 1.54) is 106 Å². The van der Waals surface area contributed by atoms with Crippen LogP contribution in [0.4, 0.5) is 0 Å². The Labute approximate surface area is 399 Å². The second kappa shape index (κ2) is 19.8. The minimum Gasteiger partial charge on any atom is -0.485 e. The van der Waals surface area contributed by atoms with E-state index >= 15 is 0 Å². The van der Waals surface area contributed by atoms with E-state index in [1.54, 1.807) is 0 Å². The van der Waals surface area contributed by atoms with Crippen LogP contribution in [0.1, 0.15) is 167 Å². The summed E-state index contributed by atoms with van der Waals surface area (Å²) in [4.78, 5) is 0. The fourth-order valence-corrected chi connectivity index (χ4v) is 10.7. The van der Waals surface area contributed by atoms with Gasteiger partial charge in [0.25, 0.3) is 0 Å². The fraction of sp³-hybridized carbons (Fsp3) is 0.375. The molecule has 0 aliphatic heterocycles. The normalized spacial score (nSPS) is 13.4. The molecule has 0 bridgehead atoms. The summed E-state index contributed by atoms with van der Waals surface area (Å²) < 4.78 is 22.2. The van der Waals surface area contributed by atoms with E-state index < -0.39 is 0 Å². The third-order valence-corrected chi connectivity index (χ3v) is 14.2. The molecule has 0 aliphatic rings. The zero-order valence-electron chi connectivity index (χ0n) is 41.6. The number of furan rings is 1. The Kier molecular flexibility index (Phi) is 13.7. The number of benzene rings is 8. The molecular formula is C64H72O3. The molecule has 0 spiro atoms. The molecule has 0 saturated heterocycles. The molecule has 0 N–H and O–H groups in total. The highest BCUT2D eigenvalue weighted by Crippen LogP contribution is 2.47. The monoisotopic (exact) mass is 889 g/mol. The standard InChI is InChI=1S/C64H72O3/c1-9-11-13-15-17-35-55(61-47-31-23-19-27-43(47)37-44-28-20-24-32-48(44)61)65-59-39-51-52-40-60(54(64(6,7)8)42-58(52)67-57(51)41-53(59)63(3,4)5)66-56(36-18-16-14-12-10-2)62-49-33-25-21-29-45(49)38-46-30-22-26-34-50(46)62/h19-34,37-42,55-56H,9-18,35-36H2,1-8H3. The molecule has 9 rings (SSSR count). The number of hydrogen-bond acceptors (Lipinski definition) is 3. The van der Waals surface area contributed by atoms with Crippen molar-refractivity contribution in [1.29, 1.82) is 0 Å². The summed E-state index contributed by atoms with van der Waals surface area (Å²) in [5.74, 6) is 1.85. The van der Waals surface area contributed by atoms with Crippen molar-refractivity contribution in [3.63, 3.8) is 0 Å². The average molecular weight is 889 g/mol. The van der Waals surface area contributed by atoms with Gasteiger partial charge in [0.05, 0.1) is 0 Å². The highest BCUT2D eigenvalue weighted by atomic mass is 16.5. The molecule has 2 unspecified atom stereocenters. The molecule has 2 atom stereocenters. The van der Waals surface area contributed by atoms with Gasteiger partial charge in [0.1, 0.15) is 34.9 Å². The lowest BCUT2D eigenvalue weighted by Gasteiger charge is -2.28. The molecule has 0 amide bonds. The summed E-state index contributed by atoms with van der Waals surface area (Å²) in [7, 11) is 0. The Balaban J connectivity index is 1.20. The maximum absolute atomic E-state index is 7.62. The molecule has 0 radical (unpaired) electrons. The van der Waals surface area contributed by atoms with Crippen LogP contribution in [-0.2, 0) is 10.8 Å². The van der Waals surface area contributed by atoms with Crippen LogP contribution in [0, 0.1) is 0 Å². The fourth-order valence-electron chi connectivity index (χ4n) is 10.7. The molecule has 3 nitrogen and oxygen atoms in total. The van der Waals surface area contributed by atoms with E-state index in [9.17, 15) is 0 Å². The topological polar surface area (TPSA) is 31.6 Å². The van der Waals surface area contributed by atoms with Crippen LogP contribution in [0.25, 0.3) is 65.0 Å². The van der Waals surface area contributed by atoms with Gasteiger partial charge in [-0.2, -0.15) is 0 Å². The van der Waals surface area contributed by atoms with Crippen LogP contribution in [-0.4, -0.2) is 0 Å². The van der Waals surface area contributed by atoms with Gasteiger partial charge in [-0.1, -0.05) is 204 Å². The molecule has 3 heteroatoms. The molecule has 9 aromatic rings. The molecule has 1 heterocycles. The summed E-state index contributed by atoms with van der Waals surface area (Å²) in [5, 5.41) is 12.2. The van der Waals surface area contributed by atoms with Crippen LogP contribution in [0.15, 0.2) is 138 Å². The van der Waals surface area contributed by atoms with Crippen molar-refractivity contribution in [2.24, 2.45) is 0 Å². The SMILES string of the molecule is CCCCCCCC(Oc1cc2c(cc1C(C)(C)C)oc1cc(C(C)(C)C)c(OC(CCCCCCC)c3c4ccccc4cc4ccccc34)cc12)c1c2ccccc2cc2ccccc12. The molecule has 1 aromatic heterocycles. The lowest BCUT2D eigenvalue weighted by atomic mass is 9.84. The molecular weight excluding hydrogens is 817 g/mol. The van der Waals surface area contributed by atoms with E-state index in [4.69, 9.17) is 13.9 Å². The molecule has 0 aliphatic carbocycles.